The van der Waals surface area contributed by atoms with Crippen LogP contribution in [-0.2, 0) is 14.8 Å². The number of benzene rings is 1. The predicted molar refractivity (Wildman–Crippen MR) is 77.1 cm³/mol. The first-order chi connectivity index (χ1) is 9.34. The fraction of sp³-hybridized carbons (Fsp3) is 0.462. The van der Waals surface area contributed by atoms with E-state index in [0.717, 1.165) is 0 Å². The van der Waals surface area contributed by atoms with Crippen molar-refractivity contribution in [2.45, 2.75) is 24.8 Å². The van der Waals surface area contributed by atoms with Gasteiger partial charge in [0.1, 0.15) is 6.07 Å². The van der Waals surface area contributed by atoms with E-state index in [1.165, 1.54) is 29.6 Å². The van der Waals surface area contributed by atoms with E-state index in [1.54, 1.807) is 13.8 Å². The van der Waals surface area contributed by atoms with Gasteiger partial charge in [0.2, 0.25) is 10.0 Å². The lowest BCUT2D eigenvalue weighted by atomic mass is 10.2. The molecule has 0 radical (unpaired) electrons. The number of ether oxygens (including phenoxy) is 1. The zero-order valence-electron chi connectivity index (χ0n) is 11.6. The van der Waals surface area contributed by atoms with Crippen molar-refractivity contribution in [2.75, 3.05) is 20.3 Å². The molecule has 0 N–H and O–H groups in total. The Kier molecular flexibility index (Phi) is 5.96. The Bertz CT molecular complexity index is 609. The van der Waals surface area contributed by atoms with E-state index in [9.17, 15) is 8.42 Å². The summed E-state index contributed by atoms with van der Waals surface area (Å²) in [5.41, 5.74) is 0.249. The molecular formula is C13H17ClN2O3S. The molecule has 110 valence electrons. The van der Waals surface area contributed by atoms with Crippen LogP contribution in [0.4, 0.5) is 0 Å². The quantitative estimate of drug-likeness (QED) is 0.807. The summed E-state index contributed by atoms with van der Waals surface area (Å²) in [6, 6.07) is 5.80. The fourth-order valence-electron chi connectivity index (χ4n) is 1.72. The maximum Gasteiger partial charge on any atom is 0.243 e. The molecule has 0 heterocycles. The van der Waals surface area contributed by atoms with Gasteiger partial charge in [-0.3, -0.25) is 0 Å². The van der Waals surface area contributed by atoms with Gasteiger partial charge in [-0.1, -0.05) is 11.6 Å². The molecule has 0 spiro atoms. The molecule has 20 heavy (non-hydrogen) atoms. The number of hydrogen-bond donors (Lipinski definition) is 0. The van der Waals surface area contributed by atoms with Crippen LogP contribution in [0.1, 0.15) is 19.4 Å². The molecule has 0 saturated carbocycles. The van der Waals surface area contributed by atoms with Gasteiger partial charge in [0.05, 0.1) is 22.1 Å². The van der Waals surface area contributed by atoms with E-state index in [1.807, 2.05) is 6.07 Å². The van der Waals surface area contributed by atoms with Crippen LogP contribution in [0, 0.1) is 11.3 Å². The van der Waals surface area contributed by atoms with Crippen molar-refractivity contribution in [3.63, 3.8) is 0 Å². The van der Waals surface area contributed by atoms with Crippen molar-refractivity contribution in [1.29, 1.82) is 5.26 Å². The number of sulfonamides is 1. The first kappa shape index (κ1) is 16.9. The van der Waals surface area contributed by atoms with Crippen LogP contribution >= 0.6 is 11.6 Å². The van der Waals surface area contributed by atoms with Crippen LogP contribution < -0.4 is 0 Å². The minimum absolute atomic E-state index is 0.0753. The summed E-state index contributed by atoms with van der Waals surface area (Å²) >= 11 is 5.89. The summed E-state index contributed by atoms with van der Waals surface area (Å²) in [6.07, 6.45) is 0. The van der Waals surface area contributed by atoms with E-state index in [0.29, 0.717) is 6.61 Å². The molecule has 7 heteroatoms. The minimum atomic E-state index is -3.66. The van der Waals surface area contributed by atoms with Crippen LogP contribution in [0.5, 0.6) is 0 Å². The lowest BCUT2D eigenvalue weighted by Crippen LogP contribution is -2.39. The van der Waals surface area contributed by atoms with Gasteiger partial charge in [-0.2, -0.15) is 9.57 Å². The van der Waals surface area contributed by atoms with Gasteiger partial charge in [-0.05, 0) is 32.0 Å². The van der Waals surface area contributed by atoms with Crippen LogP contribution in [0.25, 0.3) is 0 Å². The average Bonchev–Trinajstić information content (AvgIpc) is 2.38. The van der Waals surface area contributed by atoms with Gasteiger partial charge in [0, 0.05) is 19.7 Å². The summed E-state index contributed by atoms with van der Waals surface area (Å²) < 4.78 is 31.4. The Hall–Kier alpha value is -1.13. The van der Waals surface area contributed by atoms with E-state index < -0.39 is 10.0 Å². The maximum absolute atomic E-state index is 12.6. The molecule has 1 aromatic rings. The highest BCUT2D eigenvalue weighted by Crippen LogP contribution is 2.24. The topological polar surface area (TPSA) is 70.4 Å². The normalized spacial score (nSPS) is 11.8. The Morgan fingerprint density at radius 2 is 2.10 bits per heavy atom. The van der Waals surface area contributed by atoms with Crippen molar-refractivity contribution in [1.82, 2.24) is 4.31 Å². The molecule has 0 aliphatic carbocycles. The molecule has 5 nitrogen and oxygen atoms in total. The summed E-state index contributed by atoms with van der Waals surface area (Å²) in [7, 11) is -2.14. The number of nitrogens with zero attached hydrogens (tertiary/aromatic N) is 2. The predicted octanol–water partition coefficient (Wildman–Crippen LogP) is 2.26. The molecule has 1 rings (SSSR count). The summed E-state index contributed by atoms with van der Waals surface area (Å²) in [5, 5.41) is 8.94. The van der Waals surface area contributed by atoms with Gasteiger partial charge in [-0.25, -0.2) is 8.42 Å². The molecule has 0 saturated heterocycles. The molecule has 0 fully saturated rings. The van der Waals surface area contributed by atoms with Crippen molar-refractivity contribution < 1.29 is 13.2 Å². The summed E-state index contributed by atoms with van der Waals surface area (Å²) in [6.45, 7) is 4.15. The molecule has 0 atom stereocenters. The van der Waals surface area contributed by atoms with Gasteiger partial charge in [-0.15, -0.1) is 0 Å². The van der Waals surface area contributed by atoms with E-state index in [4.69, 9.17) is 21.6 Å². The summed E-state index contributed by atoms with van der Waals surface area (Å²) in [4.78, 5) is 0.0753. The number of halogens is 1. The Morgan fingerprint density at radius 3 is 2.55 bits per heavy atom. The van der Waals surface area contributed by atoms with Crippen LogP contribution in [0.3, 0.4) is 0 Å². The lowest BCUT2D eigenvalue weighted by molar-refractivity contribution is 0.171. The van der Waals surface area contributed by atoms with Gasteiger partial charge >= 0.3 is 0 Å². The van der Waals surface area contributed by atoms with Gasteiger partial charge in [0.25, 0.3) is 0 Å². The number of hydrogen-bond acceptors (Lipinski definition) is 4. The highest BCUT2D eigenvalue weighted by atomic mass is 35.5. The zero-order valence-corrected chi connectivity index (χ0v) is 13.2. The van der Waals surface area contributed by atoms with Crippen molar-refractivity contribution in [2.24, 2.45) is 0 Å². The first-order valence-corrected chi connectivity index (χ1v) is 7.86. The second kappa shape index (κ2) is 7.04. The average molecular weight is 317 g/mol. The van der Waals surface area contributed by atoms with Crippen molar-refractivity contribution >= 4 is 21.6 Å². The van der Waals surface area contributed by atoms with E-state index in [-0.39, 0.29) is 28.1 Å². The van der Waals surface area contributed by atoms with Crippen molar-refractivity contribution in [3.8, 4) is 6.07 Å². The molecule has 1 aromatic carbocycles. The third-order valence-electron chi connectivity index (χ3n) is 2.76. The molecule has 0 aliphatic rings. The number of methoxy groups -OCH3 is 1. The first-order valence-electron chi connectivity index (χ1n) is 6.05. The molecule has 0 unspecified atom stereocenters. The van der Waals surface area contributed by atoms with E-state index >= 15 is 0 Å². The monoisotopic (exact) mass is 316 g/mol. The van der Waals surface area contributed by atoms with Gasteiger partial charge in [0.15, 0.2) is 0 Å². The summed E-state index contributed by atoms with van der Waals surface area (Å²) in [5.74, 6) is 0. The Labute approximate surface area is 124 Å². The lowest BCUT2D eigenvalue weighted by Gasteiger charge is -2.25. The highest BCUT2D eigenvalue weighted by Gasteiger charge is 2.27. The second-order valence-electron chi connectivity index (χ2n) is 4.46. The second-order valence-corrected chi connectivity index (χ2v) is 6.75. The zero-order chi connectivity index (χ0) is 15.3. The standard InChI is InChI=1S/C13H17ClN2O3S/c1-10(2)16(6-7-19-3)20(17,18)12-5-4-11(9-15)13(14)8-12/h4-5,8,10H,6-7H2,1-3H3. The number of rotatable bonds is 6. The molecule has 0 aliphatic heterocycles. The fourth-order valence-corrected chi connectivity index (χ4v) is 3.65. The Morgan fingerprint density at radius 1 is 1.45 bits per heavy atom. The number of nitriles is 1. The largest absolute Gasteiger partial charge is 0.383 e. The van der Waals surface area contributed by atoms with Crippen LogP contribution in [0.15, 0.2) is 23.1 Å². The maximum atomic E-state index is 12.6. The minimum Gasteiger partial charge on any atom is -0.383 e. The third kappa shape index (κ3) is 3.70. The Balaban J connectivity index is 3.20. The highest BCUT2D eigenvalue weighted by molar-refractivity contribution is 7.89. The van der Waals surface area contributed by atoms with Crippen LogP contribution in [0.2, 0.25) is 5.02 Å². The van der Waals surface area contributed by atoms with Crippen molar-refractivity contribution in [3.05, 3.63) is 28.8 Å². The molecular weight excluding hydrogens is 300 g/mol. The third-order valence-corrected chi connectivity index (χ3v) is 5.14. The molecule has 0 bridgehead atoms. The molecule has 0 aromatic heterocycles. The van der Waals surface area contributed by atoms with Gasteiger partial charge < -0.3 is 4.74 Å². The van der Waals surface area contributed by atoms with Crippen LogP contribution in [-0.4, -0.2) is 39.0 Å². The van der Waals surface area contributed by atoms with E-state index in [2.05, 4.69) is 0 Å². The molecule has 0 amide bonds. The smallest absolute Gasteiger partial charge is 0.243 e. The SMILES string of the molecule is COCCN(C(C)C)S(=O)(=O)c1ccc(C#N)c(Cl)c1.